The number of halogens is 2. The zero-order valence-electron chi connectivity index (χ0n) is 8.71. The van der Waals surface area contributed by atoms with Gasteiger partial charge in [-0.2, -0.15) is 0 Å². The van der Waals surface area contributed by atoms with Crippen molar-refractivity contribution in [3.05, 3.63) is 55.1 Å². The first-order valence-corrected chi connectivity index (χ1v) is 6.90. The SMILES string of the molecule is Cc1cccc(C(N)c2sccc2Br)c1Cl. The summed E-state index contributed by atoms with van der Waals surface area (Å²) in [6, 6.07) is 7.79. The van der Waals surface area contributed by atoms with Gasteiger partial charge in [0.25, 0.3) is 0 Å². The van der Waals surface area contributed by atoms with Gasteiger partial charge in [-0.1, -0.05) is 29.8 Å². The highest BCUT2D eigenvalue weighted by molar-refractivity contribution is 9.10. The second-order valence-electron chi connectivity index (χ2n) is 3.59. The molecular formula is C12H11BrClNS. The maximum atomic E-state index is 6.27. The lowest BCUT2D eigenvalue weighted by Crippen LogP contribution is -2.11. The highest BCUT2D eigenvalue weighted by atomic mass is 79.9. The minimum Gasteiger partial charge on any atom is -0.320 e. The number of nitrogens with two attached hydrogens (primary N) is 1. The molecule has 0 amide bonds. The summed E-state index contributed by atoms with van der Waals surface area (Å²) >= 11 is 11.4. The molecule has 2 aromatic rings. The number of thiophene rings is 1. The van der Waals surface area contributed by atoms with Crippen LogP contribution in [0.2, 0.25) is 5.02 Å². The topological polar surface area (TPSA) is 26.0 Å². The molecule has 1 nitrogen and oxygen atoms in total. The minimum absolute atomic E-state index is 0.165. The first-order valence-electron chi connectivity index (χ1n) is 4.84. The van der Waals surface area contributed by atoms with Crippen molar-refractivity contribution in [3.63, 3.8) is 0 Å². The fourth-order valence-corrected chi connectivity index (χ4v) is 3.46. The van der Waals surface area contributed by atoms with Crippen LogP contribution in [0, 0.1) is 6.92 Å². The van der Waals surface area contributed by atoms with Crippen LogP contribution in [0.4, 0.5) is 0 Å². The second kappa shape index (κ2) is 4.88. The van der Waals surface area contributed by atoms with Crippen molar-refractivity contribution >= 4 is 38.9 Å². The summed E-state index contributed by atoms with van der Waals surface area (Å²) in [4.78, 5) is 1.10. The molecule has 4 heteroatoms. The Morgan fingerprint density at radius 2 is 2.12 bits per heavy atom. The van der Waals surface area contributed by atoms with E-state index in [2.05, 4.69) is 15.9 Å². The van der Waals surface area contributed by atoms with Gasteiger partial charge in [0.15, 0.2) is 0 Å². The summed E-state index contributed by atoms with van der Waals surface area (Å²) in [5, 5.41) is 2.78. The number of aryl methyl sites for hydroxylation is 1. The molecule has 0 saturated carbocycles. The lowest BCUT2D eigenvalue weighted by atomic mass is 10.0. The van der Waals surface area contributed by atoms with Gasteiger partial charge in [0, 0.05) is 14.4 Å². The lowest BCUT2D eigenvalue weighted by Gasteiger charge is -2.14. The van der Waals surface area contributed by atoms with E-state index in [0.717, 1.165) is 25.5 Å². The van der Waals surface area contributed by atoms with E-state index in [4.69, 9.17) is 17.3 Å². The molecule has 0 fully saturated rings. The summed E-state index contributed by atoms with van der Waals surface area (Å²) < 4.78 is 1.04. The largest absolute Gasteiger partial charge is 0.320 e. The van der Waals surface area contributed by atoms with Crippen molar-refractivity contribution in [1.29, 1.82) is 0 Å². The Labute approximate surface area is 112 Å². The molecule has 0 bridgehead atoms. The Balaban J connectivity index is 2.46. The van der Waals surface area contributed by atoms with Gasteiger partial charge in [-0.05, 0) is 45.4 Å². The molecule has 0 aliphatic heterocycles. The Morgan fingerprint density at radius 3 is 2.75 bits per heavy atom. The highest BCUT2D eigenvalue weighted by Crippen LogP contribution is 2.35. The van der Waals surface area contributed by atoms with Crippen LogP contribution in [0.1, 0.15) is 22.0 Å². The van der Waals surface area contributed by atoms with E-state index < -0.39 is 0 Å². The quantitative estimate of drug-likeness (QED) is 0.866. The van der Waals surface area contributed by atoms with E-state index in [1.807, 2.05) is 36.6 Å². The van der Waals surface area contributed by atoms with Gasteiger partial charge in [0.1, 0.15) is 0 Å². The van der Waals surface area contributed by atoms with Crippen LogP contribution in [0.3, 0.4) is 0 Å². The third-order valence-electron chi connectivity index (χ3n) is 2.48. The standard InChI is InChI=1S/C12H11BrClNS/c1-7-3-2-4-8(10(7)14)11(15)12-9(13)5-6-16-12/h2-6,11H,15H2,1H3. The molecule has 1 aromatic heterocycles. The molecule has 2 N–H and O–H groups in total. The predicted octanol–water partition coefficient (Wildman–Crippen LogP) is 4.52. The summed E-state index contributed by atoms with van der Waals surface area (Å²) in [7, 11) is 0. The first kappa shape index (κ1) is 12.1. The summed E-state index contributed by atoms with van der Waals surface area (Å²) in [5.41, 5.74) is 8.26. The first-order chi connectivity index (χ1) is 7.61. The lowest BCUT2D eigenvalue weighted by molar-refractivity contribution is 0.887. The molecule has 84 valence electrons. The third-order valence-corrected chi connectivity index (χ3v) is 4.95. The van der Waals surface area contributed by atoms with Crippen LogP contribution < -0.4 is 5.73 Å². The minimum atomic E-state index is -0.165. The Bertz CT molecular complexity index is 509. The smallest absolute Gasteiger partial charge is 0.0672 e. The Kier molecular flexibility index (Phi) is 3.70. The fourth-order valence-electron chi connectivity index (χ4n) is 1.58. The summed E-state index contributed by atoms with van der Waals surface area (Å²) in [6.07, 6.45) is 0. The second-order valence-corrected chi connectivity index (χ2v) is 5.77. The molecule has 0 aliphatic rings. The number of hydrogen-bond acceptors (Lipinski definition) is 2. The summed E-state index contributed by atoms with van der Waals surface area (Å²) in [5.74, 6) is 0. The van der Waals surface area contributed by atoms with Crippen molar-refractivity contribution in [2.45, 2.75) is 13.0 Å². The Morgan fingerprint density at radius 1 is 1.38 bits per heavy atom. The zero-order valence-corrected chi connectivity index (χ0v) is 11.9. The molecule has 0 spiro atoms. The van der Waals surface area contributed by atoms with Gasteiger partial charge in [0.2, 0.25) is 0 Å². The van der Waals surface area contributed by atoms with Crippen molar-refractivity contribution in [2.24, 2.45) is 5.73 Å². The maximum Gasteiger partial charge on any atom is 0.0672 e. The van der Waals surface area contributed by atoms with E-state index in [0.29, 0.717) is 0 Å². The molecule has 16 heavy (non-hydrogen) atoms. The molecule has 1 atom stereocenters. The fraction of sp³-hybridized carbons (Fsp3) is 0.167. The third kappa shape index (κ3) is 2.18. The number of rotatable bonds is 2. The molecule has 0 radical (unpaired) electrons. The van der Waals surface area contributed by atoms with Crippen LogP contribution in [0.5, 0.6) is 0 Å². The van der Waals surface area contributed by atoms with E-state index in [9.17, 15) is 0 Å². The molecule has 1 heterocycles. The molecular weight excluding hydrogens is 306 g/mol. The van der Waals surface area contributed by atoms with E-state index >= 15 is 0 Å². The van der Waals surface area contributed by atoms with Crippen LogP contribution in [0.15, 0.2) is 34.1 Å². The average molecular weight is 317 g/mol. The van der Waals surface area contributed by atoms with Gasteiger partial charge < -0.3 is 5.73 Å². The molecule has 0 saturated heterocycles. The maximum absolute atomic E-state index is 6.27. The van der Waals surface area contributed by atoms with Crippen molar-refractivity contribution in [2.75, 3.05) is 0 Å². The molecule has 0 aliphatic carbocycles. The van der Waals surface area contributed by atoms with Crippen LogP contribution >= 0.6 is 38.9 Å². The van der Waals surface area contributed by atoms with E-state index in [1.54, 1.807) is 11.3 Å². The normalized spacial score (nSPS) is 12.8. The Hall–Kier alpha value is -0.350. The van der Waals surface area contributed by atoms with Gasteiger partial charge in [0.05, 0.1) is 6.04 Å². The van der Waals surface area contributed by atoms with E-state index in [1.165, 1.54) is 0 Å². The van der Waals surface area contributed by atoms with Crippen LogP contribution in [-0.4, -0.2) is 0 Å². The predicted molar refractivity (Wildman–Crippen MR) is 74.2 cm³/mol. The van der Waals surface area contributed by atoms with Gasteiger partial charge in [-0.25, -0.2) is 0 Å². The summed E-state index contributed by atoms with van der Waals surface area (Å²) in [6.45, 7) is 1.99. The van der Waals surface area contributed by atoms with Gasteiger partial charge in [-0.3, -0.25) is 0 Å². The monoisotopic (exact) mass is 315 g/mol. The van der Waals surface area contributed by atoms with E-state index in [-0.39, 0.29) is 6.04 Å². The van der Waals surface area contributed by atoms with Gasteiger partial charge in [-0.15, -0.1) is 11.3 Å². The molecule has 1 aromatic carbocycles. The van der Waals surface area contributed by atoms with Crippen molar-refractivity contribution in [3.8, 4) is 0 Å². The molecule has 2 rings (SSSR count). The van der Waals surface area contributed by atoms with Gasteiger partial charge >= 0.3 is 0 Å². The number of hydrogen-bond donors (Lipinski definition) is 1. The highest BCUT2D eigenvalue weighted by Gasteiger charge is 2.16. The number of benzene rings is 1. The van der Waals surface area contributed by atoms with Crippen molar-refractivity contribution < 1.29 is 0 Å². The van der Waals surface area contributed by atoms with Crippen LogP contribution in [0.25, 0.3) is 0 Å². The van der Waals surface area contributed by atoms with Crippen LogP contribution in [-0.2, 0) is 0 Å². The average Bonchev–Trinajstić information content (AvgIpc) is 2.68. The zero-order chi connectivity index (χ0) is 11.7. The molecule has 1 unspecified atom stereocenters. The van der Waals surface area contributed by atoms with Crippen molar-refractivity contribution in [1.82, 2.24) is 0 Å².